The number of aliphatic carboxylic acids is 1. The molecular weight excluding hydrogens is 562 g/mol. The molecule has 45 heavy (non-hydrogen) atoms. The molecule has 0 saturated carbocycles. The normalized spacial score (nSPS) is 17.0. The first kappa shape index (κ1) is 33.9. The Kier molecular flexibility index (Phi) is 11.9. The quantitative estimate of drug-likeness (QED) is 0.160. The summed E-state index contributed by atoms with van der Waals surface area (Å²) < 4.78 is 6.60. The van der Waals surface area contributed by atoms with Crippen molar-refractivity contribution in [2.45, 2.75) is 72.1 Å². The molecule has 0 aromatic heterocycles. The number of ether oxygens (including phenoxy) is 1. The Morgan fingerprint density at radius 3 is 2.20 bits per heavy atom. The topological polar surface area (TPSA) is 87.1 Å². The van der Waals surface area contributed by atoms with E-state index in [4.69, 9.17) is 4.74 Å². The molecular formula is C39H47NO5. The Hall–Kier alpha value is -4.00. The second-order valence-corrected chi connectivity index (χ2v) is 13.2. The van der Waals surface area contributed by atoms with Gasteiger partial charge in [-0.2, -0.15) is 0 Å². The van der Waals surface area contributed by atoms with E-state index in [-0.39, 0.29) is 17.1 Å². The van der Waals surface area contributed by atoms with Gasteiger partial charge in [0.1, 0.15) is 0 Å². The Balaban J connectivity index is 1.44. The zero-order chi connectivity index (χ0) is 32.3. The number of hydrogen-bond acceptors (Lipinski definition) is 4. The number of benzene rings is 3. The molecule has 0 fully saturated rings. The highest BCUT2D eigenvalue weighted by atomic mass is 16.5. The monoisotopic (exact) mass is 609 g/mol. The average molecular weight is 610 g/mol. The molecule has 0 spiro atoms. The van der Waals surface area contributed by atoms with E-state index in [0.29, 0.717) is 39.1 Å². The van der Waals surface area contributed by atoms with Crippen LogP contribution in [0, 0.1) is 10.8 Å². The van der Waals surface area contributed by atoms with Gasteiger partial charge in [0.05, 0.1) is 23.7 Å². The molecule has 1 aliphatic carbocycles. The number of carbonyl (C=O) groups is 2. The van der Waals surface area contributed by atoms with Crippen molar-refractivity contribution >= 4 is 11.9 Å². The molecule has 0 amide bonds. The van der Waals surface area contributed by atoms with Crippen LogP contribution >= 0.6 is 0 Å². The molecule has 0 bridgehead atoms. The summed E-state index contributed by atoms with van der Waals surface area (Å²) in [6, 6.07) is 25.9. The van der Waals surface area contributed by atoms with Crippen LogP contribution < -0.4 is 0 Å². The predicted octanol–water partition coefficient (Wildman–Crippen LogP) is 8.49. The van der Waals surface area contributed by atoms with Crippen molar-refractivity contribution in [2.24, 2.45) is 10.8 Å². The lowest BCUT2D eigenvalue weighted by Gasteiger charge is -2.29. The molecule has 1 unspecified atom stereocenters. The summed E-state index contributed by atoms with van der Waals surface area (Å²) in [5.74, 6) is -1.75. The molecule has 2 N–H and O–H groups in total. The largest absolute Gasteiger partial charge is 0.481 e. The third kappa shape index (κ3) is 10.5. The number of aryl methyl sites for hydroxylation is 1. The fourth-order valence-electron chi connectivity index (χ4n) is 5.64. The summed E-state index contributed by atoms with van der Waals surface area (Å²) in [7, 11) is 0. The fourth-order valence-corrected chi connectivity index (χ4v) is 5.64. The van der Waals surface area contributed by atoms with Gasteiger partial charge in [-0.1, -0.05) is 98.0 Å². The number of rotatable bonds is 17. The van der Waals surface area contributed by atoms with Crippen LogP contribution in [0.15, 0.2) is 103 Å². The van der Waals surface area contributed by atoms with Crippen LogP contribution in [0.1, 0.15) is 85.2 Å². The maximum absolute atomic E-state index is 11.7. The zero-order valence-electron chi connectivity index (χ0n) is 26.8. The van der Waals surface area contributed by atoms with Crippen molar-refractivity contribution in [1.82, 2.24) is 4.90 Å². The number of carboxylic acid groups (broad SMARTS) is 2. The maximum Gasteiger partial charge on any atom is 0.335 e. The van der Waals surface area contributed by atoms with Gasteiger partial charge in [-0.3, -0.25) is 9.69 Å². The van der Waals surface area contributed by atoms with E-state index in [0.717, 1.165) is 36.0 Å². The Labute approximate surface area is 268 Å². The smallest absolute Gasteiger partial charge is 0.335 e. The number of aromatic carboxylic acids is 1. The van der Waals surface area contributed by atoms with Crippen LogP contribution in [0.5, 0.6) is 0 Å². The lowest BCUT2D eigenvalue weighted by molar-refractivity contribution is -0.147. The molecule has 238 valence electrons. The molecule has 1 aliphatic rings. The minimum absolute atomic E-state index is 0.206. The van der Waals surface area contributed by atoms with Gasteiger partial charge in [-0.25, -0.2) is 4.79 Å². The second-order valence-electron chi connectivity index (χ2n) is 13.2. The van der Waals surface area contributed by atoms with E-state index in [1.807, 2.05) is 30.3 Å². The summed E-state index contributed by atoms with van der Waals surface area (Å²) in [5.41, 5.74) is 4.17. The van der Waals surface area contributed by atoms with Crippen molar-refractivity contribution in [2.75, 3.05) is 13.1 Å². The van der Waals surface area contributed by atoms with Crippen molar-refractivity contribution < 1.29 is 24.5 Å². The lowest BCUT2D eigenvalue weighted by atomic mass is 9.79. The molecule has 0 heterocycles. The Morgan fingerprint density at radius 1 is 0.911 bits per heavy atom. The summed E-state index contributed by atoms with van der Waals surface area (Å²) in [4.78, 5) is 25.4. The van der Waals surface area contributed by atoms with Gasteiger partial charge in [0, 0.05) is 13.1 Å². The SMILES string of the molecule is CC(C)(CCCN(Cc1ccc(C(=O)O)cc1)CC(OCc1ccc(CC[C@]2(C)C=CC=CC2)cc1)c1ccccc1)C(=O)O. The first-order valence-corrected chi connectivity index (χ1v) is 15.9. The van der Waals surface area contributed by atoms with E-state index in [1.165, 1.54) is 5.56 Å². The molecule has 2 atom stereocenters. The molecule has 6 heteroatoms. The Bertz CT molecular complexity index is 1440. The van der Waals surface area contributed by atoms with Gasteiger partial charge in [-0.15, -0.1) is 0 Å². The molecule has 3 aromatic rings. The third-order valence-corrected chi connectivity index (χ3v) is 8.85. The van der Waals surface area contributed by atoms with Crippen LogP contribution in [-0.2, 0) is 29.1 Å². The van der Waals surface area contributed by atoms with Gasteiger partial charge >= 0.3 is 11.9 Å². The standard InChI is InChI=1S/C39H47NO5/c1-38(2,37(43)44)22-10-26-40(27-31-17-19-34(20-18-31)36(41)42)28-35(33-11-6-4-7-12-33)45-29-32-15-13-30(14-16-32)21-25-39(3)23-8-5-9-24-39/h4-9,11-20,23,35H,10,21-22,24-29H2,1-3H3,(H,41,42)(H,43,44)/t35?,39-/m1/s1. The van der Waals surface area contributed by atoms with Crippen molar-refractivity contribution in [3.8, 4) is 0 Å². The zero-order valence-corrected chi connectivity index (χ0v) is 26.8. The minimum atomic E-state index is -0.951. The van der Waals surface area contributed by atoms with Crippen molar-refractivity contribution in [3.63, 3.8) is 0 Å². The van der Waals surface area contributed by atoms with E-state index in [1.54, 1.807) is 26.0 Å². The molecule has 3 aromatic carbocycles. The molecule has 0 saturated heterocycles. The minimum Gasteiger partial charge on any atom is -0.481 e. The third-order valence-electron chi connectivity index (χ3n) is 8.85. The summed E-state index contributed by atoms with van der Waals surface area (Å²) in [6.07, 6.45) is 13.1. The maximum atomic E-state index is 11.7. The molecule has 0 radical (unpaired) electrons. The highest BCUT2D eigenvalue weighted by molar-refractivity contribution is 5.87. The van der Waals surface area contributed by atoms with Gasteiger partial charge in [0.2, 0.25) is 0 Å². The number of hydrogen-bond donors (Lipinski definition) is 2. The van der Waals surface area contributed by atoms with Gasteiger partial charge in [0.25, 0.3) is 0 Å². The number of carboxylic acids is 2. The van der Waals surface area contributed by atoms with E-state index in [9.17, 15) is 19.8 Å². The number of nitrogens with zero attached hydrogens (tertiary/aromatic N) is 1. The van der Waals surface area contributed by atoms with E-state index >= 15 is 0 Å². The summed E-state index contributed by atoms with van der Waals surface area (Å²) in [5, 5.41) is 18.9. The van der Waals surface area contributed by atoms with Crippen LogP contribution in [0.2, 0.25) is 0 Å². The van der Waals surface area contributed by atoms with Crippen LogP contribution in [0.3, 0.4) is 0 Å². The average Bonchev–Trinajstić information content (AvgIpc) is 3.03. The first-order valence-electron chi connectivity index (χ1n) is 15.9. The Morgan fingerprint density at radius 2 is 1.58 bits per heavy atom. The summed E-state index contributed by atoms with van der Waals surface area (Å²) in [6.45, 7) is 8.20. The highest BCUT2D eigenvalue weighted by Gasteiger charge is 2.27. The predicted molar refractivity (Wildman–Crippen MR) is 179 cm³/mol. The van der Waals surface area contributed by atoms with Crippen molar-refractivity contribution in [3.05, 3.63) is 131 Å². The van der Waals surface area contributed by atoms with Gasteiger partial charge < -0.3 is 14.9 Å². The fraction of sp³-hybridized carbons (Fsp3) is 0.385. The van der Waals surface area contributed by atoms with Crippen LogP contribution in [-0.4, -0.2) is 40.1 Å². The van der Waals surface area contributed by atoms with Crippen LogP contribution in [0.25, 0.3) is 0 Å². The molecule has 0 aliphatic heterocycles. The first-order chi connectivity index (χ1) is 21.5. The second kappa shape index (κ2) is 15.8. The summed E-state index contributed by atoms with van der Waals surface area (Å²) >= 11 is 0. The van der Waals surface area contributed by atoms with E-state index < -0.39 is 17.4 Å². The highest BCUT2D eigenvalue weighted by Crippen LogP contribution is 2.32. The van der Waals surface area contributed by atoms with Gasteiger partial charge in [-0.05, 0) is 92.3 Å². The molecule has 6 nitrogen and oxygen atoms in total. The van der Waals surface area contributed by atoms with Crippen molar-refractivity contribution in [1.29, 1.82) is 0 Å². The molecule has 4 rings (SSSR count). The number of allylic oxidation sites excluding steroid dienone is 4. The van der Waals surface area contributed by atoms with Crippen LogP contribution in [0.4, 0.5) is 0 Å². The van der Waals surface area contributed by atoms with E-state index in [2.05, 4.69) is 72.5 Å². The lowest BCUT2D eigenvalue weighted by Crippen LogP contribution is -2.32. The van der Waals surface area contributed by atoms with Gasteiger partial charge in [0.15, 0.2) is 0 Å².